The van der Waals surface area contributed by atoms with Crippen molar-refractivity contribution in [1.82, 2.24) is 20.1 Å². The van der Waals surface area contributed by atoms with E-state index in [0.29, 0.717) is 25.9 Å². The first kappa shape index (κ1) is 16.6. The predicted molar refractivity (Wildman–Crippen MR) is 90.3 cm³/mol. The Labute approximate surface area is 141 Å². The lowest BCUT2D eigenvalue weighted by Gasteiger charge is -2.36. The van der Waals surface area contributed by atoms with Crippen molar-refractivity contribution in [1.29, 1.82) is 0 Å². The van der Waals surface area contributed by atoms with Crippen LogP contribution >= 0.6 is 0 Å². The third-order valence-corrected chi connectivity index (χ3v) is 4.73. The van der Waals surface area contributed by atoms with Gasteiger partial charge in [-0.3, -0.25) is 9.89 Å². The number of carbonyl (C=O) groups excluding carboxylic acids is 1. The molecular weight excluding hydrogens is 304 g/mol. The van der Waals surface area contributed by atoms with Crippen molar-refractivity contribution in [2.75, 3.05) is 13.1 Å². The molecule has 2 N–H and O–H groups in total. The normalized spacial score (nSPS) is 20.6. The van der Waals surface area contributed by atoms with Crippen LogP contribution in [0.1, 0.15) is 43.5 Å². The molecule has 0 radical (unpaired) electrons. The zero-order chi connectivity index (χ0) is 17.0. The summed E-state index contributed by atoms with van der Waals surface area (Å²) >= 11 is 0. The second-order valence-electron chi connectivity index (χ2n) is 6.72. The summed E-state index contributed by atoms with van der Waals surface area (Å²) in [5.41, 5.74) is -0.220. The van der Waals surface area contributed by atoms with Crippen molar-refractivity contribution < 1.29 is 9.90 Å². The zero-order valence-corrected chi connectivity index (χ0v) is 14.0. The molecule has 1 saturated heterocycles. The van der Waals surface area contributed by atoms with Gasteiger partial charge in [-0.15, -0.1) is 0 Å². The Morgan fingerprint density at radius 1 is 1.42 bits per heavy atom. The highest BCUT2D eigenvalue weighted by Gasteiger charge is 2.36. The van der Waals surface area contributed by atoms with E-state index in [0.717, 1.165) is 24.2 Å². The minimum atomic E-state index is -1.35. The number of carbonyl (C=O) groups is 1. The molecule has 2 atom stereocenters. The summed E-state index contributed by atoms with van der Waals surface area (Å²) in [4.78, 5) is 18.8. The molecule has 1 aliphatic rings. The Kier molecular flexibility index (Phi) is 4.94. The van der Waals surface area contributed by atoms with E-state index in [1.807, 2.05) is 30.3 Å². The van der Waals surface area contributed by atoms with E-state index in [1.165, 1.54) is 6.33 Å². The van der Waals surface area contributed by atoms with Crippen molar-refractivity contribution >= 4 is 5.91 Å². The Hall–Kier alpha value is -2.21. The van der Waals surface area contributed by atoms with Crippen molar-refractivity contribution in [3.8, 4) is 0 Å². The molecule has 1 amide bonds. The molecule has 0 aliphatic carbocycles. The third-order valence-electron chi connectivity index (χ3n) is 4.73. The number of piperidine rings is 1. The molecule has 2 heterocycles. The van der Waals surface area contributed by atoms with E-state index in [9.17, 15) is 9.90 Å². The summed E-state index contributed by atoms with van der Waals surface area (Å²) in [6, 6.07) is 9.93. The average molecular weight is 328 g/mol. The van der Waals surface area contributed by atoms with Gasteiger partial charge >= 0.3 is 0 Å². The van der Waals surface area contributed by atoms with E-state index >= 15 is 0 Å². The van der Waals surface area contributed by atoms with E-state index < -0.39 is 5.60 Å². The van der Waals surface area contributed by atoms with E-state index in [-0.39, 0.29) is 11.8 Å². The highest BCUT2D eigenvalue weighted by molar-refractivity contribution is 5.84. The number of nitrogens with one attached hydrogen (secondary N) is 1. The molecule has 0 unspecified atom stereocenters. The van der Waals surface area contributed by atoms with Crippen LogP contribution in [0.2, 0.25) is 0 Å². The summed E-state index contributed by atoms with van der Waals surface area (Å²) in [7, 11) is 0. The van der Waals surface area contributed by atoms with Crippen molar-refractivity contribution in [3.05, 3.63) is 48.0 Å². The SMILES string of the molecule is C[C@](O)(CCc1ccccc1)C(=O)N1CCC[C@@H](c2ncn[nH]2)C1. The minimum absolute atomic E-state index is 0.162. The number of aryl methyl sites for hydroxylation is 1. The van der Waals surface area contributed by atoms with Gasteiger partial charge in [-0.1, -0.05) is 30.3 Å². The van der Waals surface area contributed by atoms with Crippen molar-refractivity contribution in [2.24, 2.45) is 0 Å². The molecule has 1 fully saturated rings. The van der Waals surface area contributed by atoms with Crippen LogP contribution in [0, 0.1) is 0 Å². The number of likely N-dealkylation sites (tertiary alicyclic amines) is 1. The number of aromatic nitrogens is 3. The Balaban J connectivity index is 1.61. The lowest BCUT2D eigenvalue weighted by molar-refractivity contribution is -0.151. The van der Waals surface area contributed by atoms with E-state index in [1.54, 1.807) is 11.8 Å². The average Bonchev–Trinajstić information content (AvgIpc) is 3.15. The number of H-pyrrole nitrogens is 1. The quantitative estimate of drug-likeness (QED) is 0.878. The van der Waals surface area contributed by atoms with Gasteiger partial charge in [0.05, 0.1) is 0 Å². The van der Waals surface area contributed by atoms with Crippen LogP contribution in [-0.2, 0) is 11.2 Å². The second-order valence-corrected chi connectivity index (χ2v) is 6.72. The van der Waals surface area contributed by atoms with Crippen LogP contribution < -0.4 is 0 Å². The molecular formula is C18H24N4O2. The third kappa shape index (κ3) is 3.82. The molecule has 0 spiro atoms. The van der Waals surface area contributed by atoms with Crippen LogP contribution in [0.3, 0.4) is 0 Å². The zero-order valence-electron chi connectivity index (χ0n) is 14.0. The van der Waals surface area contributed by atoms with Gasteiger partial charge in [-0.2, -0.15) is 5.10 Å². The number of hydrogen-bond donors (Lipinski definition) is 2. The van der Waals surface area contributed by atoms with Crippen molar-refractivity contribution in [2.45, 2.75) is 44.1 Å². The van der Waals surface area contributed by atoms with E-state index in [4.69, 9.17) is 0 Å². The molecule has 2 aromatic rings. The first-order chi connectivity index (χ1) is 11.6. The van der Waals surface area contributed by atoms with Gasteiger partial charge in [0, 0.05) is 19.0 Å². The van der Waals surface area contributed by atoms with Gasteiger partial charge < -0.3 is 10.0 Å². The Morgan fingerprint density at radius 2 is 2.21 bits per heavy atom. The maximum absolute atomic E-state index is 12.8. The fraction of sp³-hybridized carbons (Fsp3) is 0.500. The van der Waals surface area contributed by atoms with Crippen molar-refractivity contribution in [3.63, 3.8) is 0 Å². The van der Waals surface area contributed by atoms with Crippen LogP contribution in [0.5, 0.6) is 0 Å². The molecule has 1 aromatic heterocycles. The fourth-order valence-electron chi connectivity index (χ4n) is 3.28. The number of amides is 1. The van der Waals surface area contributed by atoms with Gasteiger partial charge in [0.15, 0.2) is 0 Å². The molecule has 1 aliphatic heterocycles. The van der Waals surface area contributed by atoms with E-state index in [2.05, 4.69) is 15.2 Å². The van der Waals surface area contributed by atoms with Gasteiger partial charge in [-0.25, -0.2) is 4.98 Å². The maximum atomic E-state index is 12.8. The number of rotatable bonds is 5. The summed E-state index contributed by atoms with van der Waals surface area (Å²) in [5.74, 6) is 0.786. The van der Waals surface area contributed by atoms with Crippen LogP contribution in [0.4, 0.5) is 0 Å². The number of nitrogens with zero attached hydrogens (tertiary/aromatic N) is 3. The lowest BCUT2D eigenvalue weighted by atomic mass is 9.92. The summed E-state index contributed by atoms with van der Waals surface area (Å²) < 4.78 is 0. The summed E-state index contributed by atoms with van der Waals surface area (Å²) in [6.45, 7) is 2.89. The van der Waals surface area contributed by atoms with Gasteiger partial charge in [-0.05, 0) is 38.2 Å². The van der Waals surface area contributed by atoms with Gasteiger partial charge in [0.1, 0.15) is 17.8 Å². The number of aromatic amines is 1. The molecule has 6 heteroatoms. The highest BCUT2D eigenvalue weighted by atomic mass is 16.3. The smallest absolute Gasteiger partial charge is 0.254 e. The number of benzene rings is 1. The maximum Gasteiger partial charge on any atom is 0.254 e. The molecule has 24 heavy (non-hydrogen) atoms. The van der Waals surface area contributed by atoms with Crippen LogP contribution in [0.25, 0.3) is 0 Å². The minimum Gasteiger partial charge on any atom is -0.380 e. The highest BCUT2D eigenvalue weighted by Crippen LogP contribution is 2.27. The summed E-state index contributed by atoms with van der Waals surface area (Å²) in [5, 5.41) is 17.5. The summed E-state index contributed by atoms with van der Waals surface area (Å²) in [6.07, 6.45) is 4.47. The largest absolute Gasteiger partial charge is 0.380 e. The topological polar surface area (TPSA) is 82.1 Å². The lowest BCUT2D eigenvalue weighted by Crippen LogP contribution is -2.50. The predicted octanol–water partition coefficient (Wildman–Crippen LogP) is 1.89. The van der Waals surface area contributed by atoms with Crippen LogP contribution in [-0.4, -0.2) is 49.8 Å². The molecule has 6 nitrogen and oxygen atoms in total. The second kappa shape index (κ2) is 7.13. The number of aliphatic hydroxyl groups is 1. The number of hydrogen-bond acceptors (Lipinski definition) is 4. The van der Waals surface area contributed by atoms with Gasteiger partial charge in [0.25, 0.3) is 5.91 Å². The van der Waals surface area contributed by atoms with Gasteiger partial charge in [0.2, 0.25) is 0 Å². The molecule has 0 saturated carbocycles. The Bertz CT molecular complexity index is 655. The first-order valence-electron chi connectivity index (χ1n) is 8.47. The Morgan fingerprint density at radius 3 is 2.92 bits per heavy atom. The molecule has 3 rings (SSSR count). The standard InChI is InChI=1S/C18H24N4O2/c1-18(24,10-9-14-6-3-2-4-7-14)17(23)22-11-5-8-15(12-22)16-19-13-20-21-16/h2-4,6-7,13,15,24H,5,8-12H2,1H3,(H,19,20,21)/t15-,18+/m1/s1. The first-order valence-corrected chi connectivity index (χ1v) is 8.47. The molecule has 0 bridgehead atoms. The van der Waals surface area contributed by atoms with Crippen LogP contribution in [0.15, 0.2) is 36.7 Å². The molecule has 1 aromatic carbocycles. The monoisotopic (exact) mass is 328 g/mol. The fourth-order valence-corrected chi connectivity index (χ4v) is 3.28. The molecule has 128 valence electrons.